The topological polar surface area (TPSA) is 66.5 Å². The molecule has 1 fully saturated rings. The standard InChI is InChI=1S/C13H13ClN2O3/c1-13(2)11(18)16(12(19)15-13)7-10(17)8-5-3-4-6-9(8)14/h3-6H,7H2,1-2H3,(H,15,19). The Hall–Kier alpha value is -1.88. The van der Waals surface area contributed by atoms with Gasteiger partial charge in [0.05, 0.1) is 11.6 Å². The highest BCUT2D eigenvalue weighted by atomic mass is 35.5. The van der Waals surface area contributed by atoms with Gasteiger partial charge in [0.2, 0.25) is 0 Å². The Morgan fingerprint density at radius 2 is 1.95 bits per heavy atom. The molecule has 6 heteroatoms. The normalized spacial score (nSPS) is 17.5. The summed E-state index contributed by atoms with van der Waals surface area (Å²) in [4.78, 5) is 36.6. The molecule has 19 heavy (non-hydrogen) atoms. The van der Waals surface area contributed by atoms with Gasteiger partial charge in [-0.05, 0) is 26.0 Å². The van der Waals surface area contributed by atoms with Crippen molar-refractivity contribution in [2.24, 2.45) is 0 Å². The zero-order valence-corrected chi connectivity index (χ0v) is 11.3. The fourth-order valence-corrected chi connectivity index (χ4v) is 2.12. The lowest BCUT2D eigenvalue weighted by atomic mass is 10.1. The van der Waals surface area contributed by atoms with Crippen LogP contribution in [0.4, 0.5) is 4.79 Å². The summed E-state index contributed by atoms with van der Waals surface area (Å²) >= 11 is 5.91. The Kier molecular flexibility index (Phi) is 3.32. The third-order valence-corrected chi connectivity index (χ3v) is 3.25. The molecule has 100 valence electrons. The molecule has 0 spiro atoms. The molecule has 1 saturated heterocycles. The summed E-state index contributed by atoms with van der Waals surface area (Å²) < 4.78 is 0. The molecule has 0 aliphatic carbocycles. The smallest absolute Gasteiger partial charge is 0.324 e. The van der Waals surface area contributed by atoms with Gasteiger partial charge in [-0.15, -0.1) is 0 Å². The van der Waals surface area contributed by atoms with E-state index in [1.165, 1.54) is 0 Å². The van der Waals surface area contributed by atoms with Crippen molar-refractivity contribution in [1.82, 2.24) is 10.2 Å². The van der Waals surface area contributed by atoms with Crippen LogP contribution in [0.3, 0.4) is 0 Å². The molecule has 0 atom stereocenters. The average molecular weight is 281 g/mol. The van der Waals surface area contributed by atoms with Gasteiger partial charge < -0.3 is 5.32 Å². The lowest BCUT2D eigenvalue weighted by Crippen LogP contribution is -2.41. The first-order valence-corrected chi connectivity index (χ1v) is 6.12. The van der Waals surface area contributed by atoms with Gasteiger partial charge in [0.1, 0.15) is 5.54 Å². The van der Waals surface area contributed by atoms with E-state index in [0.717, 1.165) is 4.90 Å². The minimum atomic E-state index is -0.974. The number of nitrogens with one attached hydrogen (secondary N) is 1. The summed E-state index contributed by atoms with van der Waals surface area (Å²) in [7, 11) is 0. The number of nitrogens with zero attached hydrogens (tertiary/aromatic N) is 1. The van der Waals surface area contributed by atoms with Crippen LogP contribution in [0.15, 0.2) is 24.3 Å². The van der Waals surface area contributed by atoms with Gasteiger partial charge in [-0.25, -0.2) is 4.79 Å². The number of imide groups is 1. The maximum absolute atomic E-state index is 12.1. The predicted octanol–water partition coefficient (Wildman–Crippen LogP) is 1.85. The van der Waals surface area contributed by atoms with E-state index in [1.807, 2.05) is 0 Å². The number of benzene rings is 1. The van der Waals surface area contributed by atoms with Crippen LogP contribution in [0, 0.1) is 0 Å². The fourth-order valence-electron chi connectivity index (χ4n) is 1.88. The van der Waals surface area contributed by atoms with Crippen molar-refractivity contribution in [3.63, 3.8) is 0 Å². The Bertz CT molecular complexity index is 569. The number of carbonyl (C=O) groups excluding carboxylic acids is 3. The first kappa shape index (κ1) is 13.5. The number of ketones is 1. The van der Waals surface area contributed by atoms with Gasteiger partial charge in [0.15, 0.2) is 5.78 Å². The van der Waals surface area contributed by atoms with E-state index < -0.39 is 17.5 Å². The van der Waals surface area contributed by atoms with Crippen molar-refractivity contribution < 1.29 is 14.4 Å². The molecule has 3 amide bonds. The second-order valence-electron chi connectivity index (χ2n) is 4.85. The van der Waals surface area contributed by atoms with Gasteiger partial charge in [0, 0.05) is 5.56 Å². The Morgan fingerprint density at radius 3 is 2.47 bits per heavy atom. The van der Waals surface area contributed by atoms with Gasteiger partial charge in [-0.3, -0.25) is 14.5 Å². The minimum absolute atomic E-state index is 0.300. The molecule has 0 unspecified atom stereocenters. The van der Waals surface area contributed by atoms with Gasteiger partial charge >= 0.3 is 6.03 Å². The number of urea groups is 1. The zero-order chi connectivity index (χ0) is 14.2. The summed E-state index contributed by atoms with van der Waals surface area (Å²) in [5.41, 5.74) is -0.674. The van der Waals surface area contributed by atoms with Crippen molar-refractivity contribution in [1.29, 1.82) is 0 Å². The van der Waals surface area contributed by atoms with E-state index in [9.17, 15) is 14.4 Å². The van der Waals surface area contributed by atoms with Crippen LogP contribution in [-0.2, 0) is 4.79 Å². The van der Waals surface area contributed by atoms with E-state index in [-0.39, 0.29) is 12.3 Å². The van der Waals surface area contributed by atoms with Crippen molar-refractivity contribution in [3.8, 4) is 0 Å². The number of hydrogen-bond acceptors (Lipinski definition) is 3. The third-order valence-electron chi connectivity index (χ3n) is 2.92. The summed E-state index contributed by atoms with van der Waals surface area (Å²) in [5.74, 6) is -0.787. The second-order valence-corrected chi connectivity index (χ2v) is 5.26. The van der Waals surface area contributed by atoms with Crippen LogP contribution in [0.5, 0.6) is 0 Å². The quantitative estimate of drug-likeness (QED) is 0.679. The fraction of sp³-hybridized carbons (Fsp3) is 0.308. The van der Waals surface area contributed by atoms with Crippen LogP contribution < -0.4 is 5.32 Å². The monoisotopic (exact) mass is 280 g/mol. The summed E-state index contributed by atoms with van der Waals surface area (Å²) in [5, 5.41) is 2.82. The number of rotatable bonds is 3. The lowest BCUT2D eigenvalue weighted by Gasteiger charge is -2.15. The number of hydrogen-bond donors (Lipinski definition) is 1. The highest BCUT2D eigenvalue weighted by Crippen LogP contribution is 2.19. The Labute approximate surface area is 115 Å². The maximum atomic E-state index is 12.1. The molecule has 0 radical (unpaired) electrons. The number of Topliss-reactive ketones (excluding diaryl/α,β-unsaturated/α-hetero) is 1. The van der Waals surface area contributed by atoms with Gasteiger partial charge in [0.25, 0.3) is 5.91 Å². The van der Waals surface area contributed by atoms with Crippen LogP contribution in [0.25, 0.3) is 0 Å². The molecule has 0 aromatic heterocycles. The van der Waals surface area contributed by atoms with Crippen molar-refractivity contribution in [3.05, 3.63) is 34.9 Å². The van der Waals surface area contributed by atoms with Crippen molar-refractivity contribution in [2.75, 3.05) is 6.54 Å². The largest absolute Gasteiger partial charge is 0.325 e. The number of carbonyl (C=O) groups is 3. The molecule has 0 saturated carbocycles. The third kappa shape index (κ3) is 2.46. The average Bonchev–Trinajstić information content (AvgIpc) is 2.52. The molecule has 1 aromatic carbocycles. The molecular weight excluding hydrogens is 268 g/mol. The van der Waals surface area contributed by atoms with Crippen LogP contribution in [0.1, 0.15) is 24.2 Å². The predicted molar refractivity (Wildman–Crippen MR) is 70.1 cm³/mol. The lowest BCUT2D eigenvalue weighted by molar-refractivity contribution is -0.129. The van der Waals surface area contributed by atoms with Gasteiger partial charge in [-0.2, -0.15) is 0 Å². The molecule has 5 nitrogen and oxygen atoms in total. The van der Waals surface area contributed by atoms with E-state index in [0.29, 0.717) is 10.6 Å². The highest BCUT2D eigenvalue weighted by Gasteiger charge is 2.44. The molecule has 1 N–H and O–H groups in total. The summed E-state index contributed by atoms with van der Waals surface area (Å²) in [6, 6.07) is 5.97. The highest BCUT2D eigenvalue weighted by molar-refractivity contribution is 6.34. The molecule has 1 aliphatic rings. The summed E-state index contributed by atoms with van der Waals surface area (Å²) in [6.45, 7) is 2.87. The van der Waals surface area contributed by atoms with E-state index in [2.05, 4.69) is 5.32 Å². The minimum Gasteiger partial charge on any atom is -0.324 e. The summed E-state index contributed by atoms with van der Waals surface area (Å²) in [6.07, 6.45) is 0. The van der Waals surface area contributed by atoms with E-state index >= 15 is 0 Å². The first-order valence-electron chi connectivity index (χ1n) is 5.75. The number of halogens is 1. The van der Waals surface area contributed by atoms with E-state index in [1.54, 1.807) is 38.1 Å². The molecular formula is C13H13ClN2O3. The first-order chi connectivity index (χ1) is 8.83. The van der Waals surface area contributed by atoms with Crippen molar-refractivity contribution in [2.45, 2.75) is 19.4 Å². The van der Waals surface area contributed by atoms with Crippen LogP contribution >= 0.6 is 11.6 Å². The zero-order valence-electron chi connectivity index (χ0n) is 10.6. The second kappa shape index (κ2) is 4.66. The molecule has 1 aliphatic heterocycles. The molecule has 0 bridgehead atoms. The molecule has 2 rings (SSSR count). The molecule has 1 aromatic rings. The van der Waals surface area contributed by atoms with Crippen molar-refractivity contribution >= 4 is 29.3 Å². The molecule has 1 heterocycles. The van der Waals surface area contributed by atoms with E-state index in [4.69, 9.17) is 11.6 Å². The van der Waals surface area contributed by atoms with Gasteiger partial charge in [-0.1, -0.05) is 23.7 Å². The Morgan fingerprint density at radius 1 is 1.32 bits per heavy atom. The Balaban J connectivity index is 2.19. The SMILES string of the molecule is CC1(C)NC(=O)N(CC(=O)c2ccccc2Cl)C1=O. The van der Waals surface area contributed by atoms with Crippen LogP contribution in [-0.4, -0.2) is 34.7 Å². The van der Waals surface area contributed by atoms with Crippen LogP contribution in [0.2, 0.25) is 5.02 Å². The number of amides is 3. The maximum Gasteiger partial charge on any atom is 0.325 e.